The van der Waals surface area contributed by atoms with Crippen LogP contribution < -0.4 is 0 Å². The second-order valence-corrected chi connectivity index (χ2v) is 21.9. The average Bonchev–Trinajstić information content (AvgIpc) is 3.62. The molecule has 1 heterocycles. The molecule has 67 heavy (non-hydrogen) atoms. The van der Waals surface area contributed by atoms with Gasteiger partial charge >= 0.3 is 116 Å². The molecule has 0 spiro atoms. The Bertz CT molecular complexity index is 1580. The summed E-state index contributed by atoms with van der Waals surface area (Å²) in [5.41, 5.74) is 25.5. The fourth-order valence-corrected chi connectivity index (χ4v) is 11.2. The van der Waals surface area contributed by atoms with Gasteiger partial charge in [0.2, 0.25) is 11.4 Å². The van der Waals surface area contributed by atoms with E-state index >= 15 is 0 Å². The van der Waals surface area contributed by atoms with Crippen LogP contribution in [0.15, 0.2) is 47.5 Å². The Balaban J connectivity index is 0.000000766. The van der Waals surface area contributed by atoms with E-state index in [1.807, 2.05) is 14.4 Å². The standard InChI is InChI=1S/C48H76N2.2C8H17.Ni/c1-7-13-18-20-22-26-30-41-33-39(28-24-15-9-3)35-43(36-41)47-45(12-6)46(32-17-11-5)48(50(47)49)44-37-40(29-25-16-10-4)34-42(38-44)31-27-23-21-19-14-8-2;2*1-3-5-7-8-6-4-2;/h33-38H,7-32H2,1-6H3;2*1,3-8H2,2H3;. The van der Waals surface area contributed by atoms with Gasteiger partial charge in [0.25, 0.3) is 0 Å². The molecule has 0 aromatic heterocycles. The summed E-state index contributed by atoms with van der Waals surface area (Å²) in [6.45, 7) is 18.4. The molecule has 0 saturated heterocycles. The molecule has 0 aliphatic carbocycles. The van der Waals surface area contributed by atoms with Crippen molar-refractivity contribution >= 4 is 11.4 Å². The molecular formula is C64H110N2Ni. The van der Waals surface area contributed by atoms with Gasteiger partial charge in [-0.25, -0.2) is 4.70 Å². The molecule has 0 fully saturated rings. The molecule has 3 heteroatoms. The summed E-state index contributed by atoms with van der Waals surface area (Å²) < 4.78 is 1.64. The third-order valence-electron chi connectivity index (χ3n) is 14.1. The first-order valence-corrected chi connectivity index (χ1v) is 31.0. The third kappa shape index (κ3) is 26.7. The Morgan fingerprint density at radius 3 is 0.940 bits per heavy atom. The number of allylic oxidation sites excluding steroid dienone is 2. The van der Waals surface area contributed by atoms with Gasteiger partial charge in [-0.15, -0.1) is 0 Å². The fourth-order valence-electron chi connectivity index (χ4n) is 9.96. The Labute approximate surface area is 424 Å². The molecule has 1 aliphatic rings. The number of unbranched alkanes of at least 4 members (excludes halogenated alkanes) is 25. The van der Waals surface area contributed by atoms with E-state index in [9.17, 15) is 5.53 Å². The van der Waals surface area contributed by atoms with E-state index in [1.54, 1.807) is 4.70 Å². The van der Waals surface area contributed by atoms with E-state index in [0.717, 1.165) is 62.8 Å². The molecular weight excluding hydrogens is 855 g/mol. The van der Waals surface area contributed by atoms with Crippen LogP contribution in [0.3, 0.4) is 0 Å². The molecule has 0 radical (unpaired) electrons. The Morgan fingerprint density at radius 2 is 0.597 bits per heavy atom. The zero-order valence-corrected chi connectivity index (χ0v) is 46.9. The first-order chi connectivity index (χ1) is 32.9. The predicted octanol–water partition coefficient (Wildman–Crippen LogP) is 22.4. The topological polar surface area (TPSA) is 25.3 Å². The SMILES string of the molecule is CCCCCCCCc1cc(CCCCC)cc(C2=C(CC)C(CCCC)=C(c3cc(CCCCC)cc(CCCCCCCC)c3)[N+]2=[N-])c1.CCCCCCC[CH2][Ni][CH2]CCCCCCC. The second kappa shape index (κ2) is 41.8. The molecule has 3 rings (SSSR count). The van der Waals surface area contributed by atoms with Gasteiger partial charge in [-0.2, -0.15) is 0 Å². The second-order valence-electron chi connectivity index (χ2n) is 20.5. The van der Waals surface area contributed by atoms with Crippen LogP contribution in [0.1, 0.15) is 307 Å². The summed E-state index contributed by atoms with van der Waals surface area (Å²) >= 11 is 2.01. The van der Waals surface area contributed by atoms with Crippen LogP contribution in [0.25, 0.3) is 16.9 Å². The summed E-state index contributed by atoms with van der Waals surface area (Å²) in [6, 6.07) is 14.7. The van der Waals surface area contributed by atoms with Crippen LogP contribution in [0, 0.1) is 0 Å². The quantitative estimate of drug-likeness (QED) is 0.0360. The molecule has 0 N–H and O–H groups in total. The summed E-state index contributed by atoms with van der Waals surface area (Å²) in [7, 11) is 0. The van der Waals surface area contributed by atoms with E-state index in [4.69, 9.17) is 0 Å². The maximum absolute atomic E-state index is 12.4. The molecule has 0 bridgehead atoms. The van der Waals surface area contributed by atoms with Crippen LogP contribution in [0.5, 0.6) is 0 Å². The molecule has 386 valence electrons. The van der Waals surface area contributed by atoms with Gasteiger partial charge in [0.05, 0.1) is 0 Å². The van der Waals surface area contributed by atoms with Crippen LogP contribution in [-0.4, -0.2) is 4.70 Å². The van der Waals surface area contributed by atoms with E-state index in [1.165, 1.54) is 248 Å². The van der Waals surface area contributed by atoms with Crippen LogP contribution >= 0.6 is 0 Å². The predicted molar refractivity (Wildman–Crippen MR) is 297 cm³/mol. The number of hydrogen-bond donors (Lipinski definition) is 0. The number of hydrogen-bond acceptors (Lipinski definition) is 0. The molecule has 0 unspecified atom stereocenters. The summed E-state index contributed by atoms with van der Waals surface area (Å²) in [5, 5.41) is 2.85. The van der Waals surface area contributed by atoms with Crippen molar-refractivity contribution in [3.8, 4) is 0 Å². The summed E-state index contributed by atoms with van der Waals surface area (Å²) in [5.74, 6) is 0. The molecule has 2 nitrogen and oxygen atoms in total. The first kappa shape index (κ1) is 61.1. The van der Waals surface area contributed by atoms with Crippen molar-refractivity contribution in [1.29, 1.82) is 0 Å². The van der Waals surface area contributed by atoms with Gasteiger partial charge in [0.15, 0.2) is 0 Å². The number of aryl methyl sites for hydroxylation is 4. The van der Waals surface area contributed by atoms with Crippen LogP contribution in [0.4, 0.5) is 0 Å². The minimum atomic E-state index is 0.933. The monoisotopic (exact) mass is 965 g/mol. The molecule has 0 amide bonds. The van der Waals surface area contributed by atoms with E-state index in [-0.39, 0.29) is 0 Å². The van der Waals surface area contributed by atoms with Crippen molar-refractivity contribution < 1.29 is 19.1 Å². The van der Waals surface area contributed by atoms with Gasteiger partial charge in [-0.05, 0) is 117 Å². The Hall–Kier alpha value is -1.99. The van der Waals surface area contributed by atoms with Gasteiger partial charge in [-0.3, -0.25) is 0 Å². The molecule has 2 aromatic rings. The Kier molecular flexibility index (Phi) is 38.1. The van der Waals surface area contributed by atoms with E-state index in [0.29, 0.717) is 0 Å². The van der Waals surface area contributed by atoms with Crippen molar-refractivity contribution in [1.82, 2.24) is 0 Å². The van der Waals surface area contributed by atoms with Gasteiger partial charge in [0.1, 0.15) is 0 Å². The third-order valence-corrected chi connectivity index (χ3v) is 15.5. The first-order valence-electron chi connectivity index (χ1n) is 29.6. The number of benzene rings is 2. The zero-order valence-electron chi connectivity index (χ0n) is 46.0. The molecule has 0 atom stereocenters. The van der Waals surface area contributed by atoms with E-state index in [2.05, 4.69) is 91.8 Å². The van der Waals surface area contributed by atoms with Gasteiger partial charge in [0, 0.05) is 22.3 Å². The van der Waals surface area contributed by atoms with Crippen molar-refractivity contribution in [2.75, 3.05) is 0 Å². The van der Waals surface area contributed by atoms with Crippen molar-refractivity contribution in [2.24, 2.45) is 0 Å². The average molecular weight is 966 g/mol. The minimum absolute atomic E-state index is 0.933. The molecule has 0 saturated carbocycles. The summed E-state index contributed by atoms with van der Waals surface area (Å²) in [4.78, 5) is 0. The van der Waals surface area contributed by atoms with Crippen LogP contribution in [-0.2, 0) is 40.1 Å². The van der Waals surface area contributed by atoms with Crippen molar-refractivity contribution in [2.45, 2.75) is 310 Å². The maximum atomic E-state index is 12.4. The normalized spacial score (nSPS) is 12.8. The van der Waals surface area contributed by atoms with Crippen LogP contribution in [0.2, 0.25) is 10.8 Å². The van der Waals surface area contributed by atoms with E-state index < -0.39 is 0 Å². The van der Waals surface area contributed by atoms with Crippen molar-refractivity contribution in [3.63, 3.8) is 0 Å². The van der Waals surface area contributed by atoms with Gasteiger partial charge < -0.3 is 5.53 Å². The van der Waals surface area contributed by atoms with Crippen molar-refractivity contribution in [3.05, 3.63) is 86.5 Å². The zero-order chi connectivity index (χ0) is 48.6. The molecule has 2 aromatic carbocycles. The Morgan fingerprint density at radius 1 is 0.313 bits per heavy atom. The van der Waals surface area contributed by atoms with Gasteiger partial charge in [-0.1, -0.05) is 150 Å². The molecule has 1 aliphatic heterocycles. The number of rotatable bonds is 42. The fraction of sp³-hybridized carbons (Fsp3) is 0.750. The summed E-state index contributed by atoms with van der Waals surface area (Å²) in [6.07, 6.45) is 49.4. The number of nitrogens with zero attached hydrogens (tertiary/aromatic N) is 2.